The highest BCUT2D eigenvalue weighted by Gasteiger charge is 1.91. The molecule has 0 amide bonds. The van der Waals surface area contributed by atoms with Crippen molar-refractivity contribution in [3.8, 4) is 0 Å². The van der Waals surface area contributed by atoms with Crippen molar-refractivity contribution in [1.82, 2.24) is 0 Å². The number of hydrogen-bond donors (Lipinski definition) is 0. The van der Waals surface area contributed by atoms with Crippen LogP contribution >= 0.6 is 8.85 Å². The Bertz CT molecular complexity index is 8.36. The Morgan fingerprint density at radius 2 is 1.00 bits per heavy atom. The lowest BCUT2D eigenvalue weighted by molar-refractivity contribution is 0.633. The molecule has 0 saturated heterocycles. The lowest BCUT2D eigenvalue weighted by Gasteiger charge is -1.61. The molecule has 0 aliphatic carbocycles. The van der Waals surface area contributed by atoms with Crippen LogP contribution in [0, 0.1) is 0 Å². The Hall–Kier alpha value is 0.150. The lowest BCUT2D eigenvalue weighted by Crippen LogP contribution is -1.10. The molecule has 0 N–H and O–H groups in total. The van der Waals surface area contributed by atoms with Crippen LogP contribution in [0.4, 0.5) is 17.3 Å². The summed E-state index contributed by atoms with van der Waals surface area (Å²) in [5, 5.41) is 0. The van der Waals surface area contributed by atoms with Gasteiger partial charge in [0, 0.05) is 0 Å². The minimum absolute atomic E-state index is 0. The first-order chi connectivity index (χ1) is 1.73. The number of hydrogen-bond acceptors (Lipinski definition) is 0. The van der Waals surface area contributed by atoms with E-state index in [1.165, 1.54) is 0 Å². The van der Waals surface area contributed by atoms with Crippen LogP contribution in [-0.4, -0.2) is 0 Å². The van der Waals surface area contributed by atoms with E-state index in [9.17, 15) is 12.6 Å². The first kappa shape index (κ1) is 8.94. The molecule has 0 unspecified atom stereocenters. The van der Waals surface area contributed by atoms with Gasteiger partial charge in [0.25, 0.3) is 0 Å². The Morgan fingerprint density at radius 3 is 1.00 bits per heavy atom. The predicted octanol–water partition coefficient (Wildman–Crippen LogP) is 2.27. The van der Waals surface area contributed by atoms with E-state index in [4.69, 9.17) is 0 Å². The molecule has 0 aliphatic rings. The van der Waals surface area contributed by atoms with Gasteiger partial charge in [0.05, 0.1) is 0 Å². The van der Waals surface area contributed by atoms with Crippen molar-refractivity contribution >= 4 is 8.85 Å². The van der Waals surface area contributed by atoms with Crippen LogP contribution in [0.2, 0.25) is 0 Å². The third-order valence-electron chi connectivity index (χ3n) is 0. The third kappa shape index (κ3) is 853. The topological polar surface area (TPSA) is 0 Å². The van der Waals surface area contributed by atoms with Crippen LogP contribution in [0.25, 0.3) is 0 Å². The smallest absolute Gasteiger partial charge is 0.269 e. The van der Waals surface area contributed by atoms with E-state index < -0.39 is 8.85 Å². The molecule has 5 heteroatoms. The number of rotatable bonds is 0. The lowest BCUT2D eigenvalue weighted by atomic mass is 18.8. The van der Waals surface area contributed by atoms with Gasteiger partial charge in [0.2, 0.25) is 0 Å². The highest BCUT2D eigenvalue weighted by molar-refractivity contribution is 7.40. The van der Waals surface area contributed by atoms with Crippen LogP contribution in [-0.2, 0) is 0 Å². The maximum absolute atomic E-state index is 9.73. The van der Waals surface area contributed by atoms with Crippen LogP contribution in [0.1, 0.15) is 0 Å². The van der Waals surface area contributed by atoms with E-state index >= 15 is 0 Å². The molecule has 0 fully saturated rings. The molecular formula is HF4P. The van der Waals surface area contributed by atoms with Crippen LogP contribution in [0.15, 0.2) is 0 Å². The Labute approximate surface area is 27.5 Å². The minimum atomic E-state index is -4.12. The SMILES string of the molecule is F.FP(F)F. The van der Waals surface area contributed by atoms with Gasteiger partial charge in [-0.05, 0) is 0 Å². The van der Waals surface area contributed by atoms with E-state index in [2.05, 4.69) is 0 Å². The fraction of sp³-hybridized carbons (Fsp3) is 0. The molecule has 0 bridgehead atoms. The van der Waals surface area contributed by atoms with Gasteiger partial charge in [0.1, 0.15) is 0 Å². The van der Waals surface area contributed by atoms with Crippen LogP contribution in [0.3, 0.4) is 0 Å². The van der Waals surface area contributed by atoms with Gasteiger partial charge >= 0.3 is 8.85 Å². The van der Waals surface area contributed by atoms with E-state index in [0.717, 1.165) is 0 Å². The minimum Gasteiger partial charge on any atom is -0.269 e. The standard InChI is InChI=1S/F3P.FH/c1-4(2)3;/h;1H. The summed E-state index contributed by atoms with van der Waals surface area (Å²) in [6, 6.07) is 0. The summed E-state index contributed by atoms with van der Waals surface area (Å²) in [5.74, 6) is 0. The first-order valence-corrected chi connectivity index (χ1v) is 1.52. The fourth-order valence-electron chi connectivity index (χ4n) is 0. The molecule has 0 aromatic rings. The first-order valence-electron chi connectivity index (χ1n) is 0.507. The van der Waals surface area contributed by atoms with Crippen molar-refractivity contribution in [3.63, 3.8) is 0 Å². The summed E-state index contributed by atoms with van der Waals surface area (Å²) in [7, 11) is -4.12. The Morgan fingerprint density at radius 1 is 1.00 bits per heavy atom. The fourth-order valence-corrected chi connectivity index (χ4v) is 0. The van der Waals surface area contributed by atoms with E-state index in [0.29, 0.717) is 0 Å². The summed E-state index contributed by atoms with van der Waals surface area (Å²) in [6.07, 6.45) is 0. The van der Waals surface area contributed by atoms with Gasteiger partial charge in [-0.1, -0.05) is 0 Å². The molecule has 0 atom stereocenters. The van der Waals surface area contributed by atoms with Crippen LogP contribution < -0.4 is 0 Å². The van der Waals surface area contributed by atoms with Crippen molar-refractivity contribution in [2.24, 2.45) is 0 Å². The summed E-state index contributed by atoms with van der Waals surface area (Å²) in [5.41, 5.74) is 0. The molecule has 0 heterocycles. The average molecular weight is 108 g/mol. The van der Waals surface area contributed by atoms with E-state index in [1.807, 2.05) is 0 Å². The van der Waals surface area contributed by atoms with Crippen LogP contribution in [0.5, 0.6) is 0 Å². The molecule has 0 nitrogen and oxygen atoms in total. The molecule has 0 aromatic carbocycles. The normalized spacial score (nSPS) is 7.20. The monoisotopic (exact) mass is 108 g/mol. The second kappa shape index (κ2) is 4.15. The van der Waals surface area contributed by atoms with Crippen molar-refractivity contribution in [2.75, 3.05) is 0 Å². The van der Waals surface area contributed by atoms with Gasteiger partial charge < -0.3 is 0 Å². The summed E-state index contributed by atoms with van der Waals surface area (Å²) in [6.45, 7) is 0. The Kier molecular flexibility index (Phi) is 7.42. The second-order valence-corrected chi connectivity index (χ2v) is 0.575. The van der Waals surface area contributed by atoms with Gasteiger partial charge in [-0.2, -0.15) is 12.6 Å². The molecular weight excluding hydrogens is 107 g/mol. The zero-order valence-corrected chi connectivity index (χ0v) is 2.88. The van der Waals surface area contributed by atoms with Crippen molar-refractivity contribution in [1.29, 1.82) is 0 Å². The van der Waals surface area contributed by atoms with Gasteiger partial charge in [-0.15, -0.1) is 0 Å². The predicted molar refractivity (Wildman–Crippen MR) is 12.7 cm³/mol. The molecule has 0 spiro atoms. The summed E-state index contributed by atoms with van der Waals surface area (Å²) >= 11 is 0. The molecule has 0 saturated carbocycles. The largest absolute Gasteiger partial charge is 0.456 e. The van der Waals surface area contributed by atoms with Gasteiger partial charge in [0.15, 0.2) is 0 Å². The molecule has 34 valence electrons. The molecule has 0 aliphatic heterocycles. The van der Waals surface area contributed by atoms with E-state index in [-0.39, 0.29) is 4.70 Å². The maximum atomic E-state index is 9.73. The zero-order chi connectivity index (χ0) is 3.58. The Balaban J connectivity index is 0. The molecule has 5 heavy (non-hydrogen) atoms. The summed E-state index contributed by atoms with van der Waals surface area (Å²) < 4.78 is 29.2. The van der Waals surface area contributed by atoms with Gasteiger partial charge in [-0.3, -0.25) is 4.70 Å². The van der Waals surface area contributed by atoms with Crippen molar-refractivity contribution < 1.29 is 17.3 Å². The third-order valence-corrected chi connectivity index (χ3v) is 0. The number of halogens is 4. The van der Waals surface area contributed by atoms with Crippen molar-refractivity contribution in [3.05, 3.63) is 0 Å². The molecule has 0 aromatic heterocycles. The molecule has 0 rings (SSSR count). The van der Waals surface area contributed by atoms with E-state index in [1.54, 1.807) is 0 Å². The highest BCUT2D eigenvalue weighted by atomic mass is 31.2. The summed E-state index contributed by atoms with van der Waals surface area (Å²) in [4.78, 5) is 0. The van der Waals surface area contributed by atoms with Gasteiger partial charge in [-0.25, -0.2) is 0 Å². The quantitative estimate of drug-likeness (QED) is 0.329. The average Bonchev–Trinajstić information content (AvgIpc) is 0.811. The van der Waals surface area contributed by atoms with Crippen molar-refractivity contribution in [2.45, 2.75) is 0 Å². The maximum Gasteiger partial charge on any atom is 0.456 e. The zero-order valence-electron chi connectivity index (χ0n) is 1.99. The molecule has 0 radical (unpaired) electrons. The highest BCUT2D eigenvalue weighted by Crippen LogP contribution is 2.39. The second-order valence-electron chi connectivity index (χ2n) is 0.192.